The van der Waals surface area contributed by atoms with Crippen molar-refractivity contribution in [1.29, 1.82) is 0 Å². The molecule has 3 nitrogen and oxygen atoms in total. The van der Waals surface area contributed by atoms with Gasteiger partial charge in [-0.05, 0) is 35.5 Å². The predicted molar refractivity (Wildman–Crippen MR) is 80.2 cm³/mol. The standard InChI is InChI=1S/C15H17N3S/c1-4-11-8-18(9-16-11)14-6-5-12(10(2)3)13-7-17-19-15(13)14/h5-10H,4H2,1-3H3. The summed E-state index contributed by atoms with van der Waals surface area (Å²) in [5.41, 5.74) is 3.66. The monoisotopic (exact) mass is 271 g/mol. The molecule has 0 radical (unpaired) electrons. The van der Waals surface area contributed by atoms with E-state index in [-0.39, 0.29) is 0 Å². The van der Waals surface area contributed by atoms with E-state index >= 15 is 0 Å². The van der Waals surface area contributed by atoms with Gasteiger partial charge < -0.3 is 4.57 Å². The third kappa shape index (κ3) is 2.06. The summed E-state index contributed by atoms with van der Waals surface area (Å²) in [5, 5.41) is 1.27. The molecule has 0 bridgehead atoms. The maximum absolute atomic E-state index is 4.41. The zero-order chi connectivity index (χ0) is 13.4. The Morgan fingerprint density at radius 3 is 2.84 bits per heavy atom. The Balaban J connectivity index is 2.20. The summed E-state index contributed by atoms with van der Waals surface area (Å²) < 4.78 is 7.71. The first kappa shape index (κ1) is 12.4. The molecule has 3 aromatic rings. The van der Waals surface area contributed by atoms with Crippen LogP contribution in [0.4, 0.5) is 0 Å². The van der Waals surface area contributed by atoms with Gasteiger partial charge in [-0.3, -0.25) is 0 Å². The molecule has 0 amide bonds. The molecule has 0 saturated heterocycles. The van der Waals surface area contributed by atoms with Crippen molar-refractivity contribution in [3.05, 3.63) is 42.1 Å². The van der Waals surface area contributed by atoms with Crippen molar-refractivity contribution in [2.24, 2.45) is 0 Å². The molecular formula is C15H17N3S. The van der Waals surface area contributed by atoms with E-state index in [4.69, 9.17) is 0 Å². The zero-order valence-corrected chi connectivity index (χ0v) is 12.2. The molecule has 2 aromatic heterocycles. The Hall–Kier alpha value is -1.68. The van der Waals surface area contributed by atoms with Crippen LogP contribution in [0.15, 0.2) is 30.9 Å². The number of aromatic nitrogens is 3. The Morgan fingerprint density at radius 1 is 1.32 bits per heavy atom. The predicted octanol–water partition coefficient (Wildman–Crippen LogP) is 4.17. The van der Waals surface area contributed by atoms with Crippen molar-refractivity contribution in [3.8, 4) is 5.69 Å². The third-order valence-corrected chi connectivity index (χ3v) is 4.26. The van der Waals surface area contributed by atoms with Gasteiger partial charge in [-0.2, -0.15) is 4.37 Å². The van der Waals surface area contributed by atoms with Crippen molar-refractivity contribution < 1.29 is 0 Å². The highest BCUT2D eigenvalue weighted by molar-refractivity contribution is 7.13. The van der Waals surface area contributed by atoms with Crippen LogP contribution >= 0.6 is 11.5 Å². The van der Waals surface area contributed by atoms with Gasteiger partial charge >= 0.3 is 0 Å². The lowest BCUT2D eigenvalue weighted by Crippen LogP contribution is -1.94. The summed E-state index contributed by atoms with van der Waals surface area (Å²) in [4.78, 5) is 4.41. The highest BCUT2D eigenvalue weighted by Crippen LogP contribution is 2.32. The SMILES string of the molecule is CCc1cn(-c2ccc(C(C)C)c3cnsc23)cn1. The van der Waals surface area contributed by atoms with E-state index in [0.717, 1.165) is 12.1 Å². The van der Waals surface area contributed by atoms with E-state index in [0.29, 0.717) is 5.92 Å². The topological polar surface area (TPSA) is 30.7 Å². The van der Waals surface area contributed by atoms with Gasteiger partial charge in [0.15, 0.2) is 0 Å². The largest absolute Gasteiger partial charge is 0.305 e. The van der Waals surface area contributed by atoms with Crippen molar-refractivity contribution in [3.63, 3.8) is 0 Å². The Bertz CT molecular complexity index is 709. The molecule has 0 aliphatic rings. The number of benzene rings is 1. The first-order valence-corrected chi connectivity index (χ1v) is 7.38. The maximum atomic E-state index is 4.41. The van der Waals surface area contributed by atoms with Crippen LogP contribution in [0.5, 0.6) is 0 Å². The number of aryl methyl sites for hydroxylation is 1. The highest BCUT2D eigenvalue weighted by Gasteiger charge is 2.12. The Labute approximate surface area is 117 Å². The second-order valence-electron chi connectivity index (χ2n) is 5.02. The van der Waals surface area contributed by atoms with Gasteiger partial charge in [0.1, 0.15) is 0 Å². The van der Waals surface area contributed by atoms with Gasteiger partial charge in [-0.1, -0.05) is 26.8 Å². The summed E-state index contributed by atoms with van der Waals surface area (Å²) in [6.45, 7) is 6.56. The fourth-order valence-electron chi connectivity index (χ4n) is 2.35. The number of hydrogen-bond acceptors (Lipinski definition) is 3. The Morgan fingerprint density at radius 2 is 2.16 bits per heavy atom. The van der Waals surface area contributed by atoms with E-state index in [1.165, 1.54) is 21.3 Å². The highest BCUT2D eigenvalue weighted by atomic mass is 32.1. The smallest absolute Gasteiger partial charge is 0.0995 e. The summed E-state index contributed by atoms with van der Waals surface area (Å²) >= 11 is 1.56. The van der Waals surface area contributed by atoms with Crippen LogP contribution in [-0.4, -0.2) is 13.9 Å². The molecule has 1 aromatic carbocycles. The van der Waals surface area contributed by atoms with Crippen molar-refractivity contribution in [1.82, 2.24) is 13.9 Å². The van der Waals surface area contributed by atoms with Crippen LogP contribution in [0.2, 0.25) is 0 Å². The molecule has 0 unspecified atom stereocenters. The number of rotatable bonds is 3. The van der Waals surface area contributed by atoms with Crippen LogP contribution in [0.3, 0.4) is 0 Å². The first-order chi connectivity index (χ1) is 9.20. The molecule has 0 fully saturated rings. The van der Waals surface area contributed by atoms with E-state index in [1.807, 2.05) is 12.5 Å². The summed E-state index contributed by atoms with van der Waals surface area (Å²) in [5.74, 6) is 0.516. The summed E-state index contributed by atoms with van der Waals surface area (Å²) in [6.07, 6.45) is 6.94. The minimum atomic E-state index is 0.516. The number of hydrogen-bond donors (Lipinski definition) is 0. The number of nitrogens with zero attached hydrogens (tertiary/aromatic N) is 3. The maximum Gasteiger partial charge on any atom is 0.0995 e. The molecule has 0 aliphatic heterocycles. The lowest BCUT2D eigenvalue weighted by atomic mass is 9.99. The van der Waals surface area contributed by atoms with Gasteiger partial charge in [0.05, 0.1) is 22.4 Å². The Kier molecular flexibility index (Phi) is 3.11. The average Bonchev–Trinajstić information content (AvgIpc) is 3.06. The summed E-state index contributed by atoms with van der Waals surface area (Å²) in [7, 11) is 0. The van der Waals surface area contributed by atoms with Gasteiger partial charge in [0, 0.05) is 17.8 Å². The van der Waals surface area contributed by atoms with E-state index in [9.17, 15) is 0 Å². The number of imidazole rings is 1. The van der Waals surface area contributed by atoms with E-state index in [1.54, 1.807) is 11.5 Å². The van der Waals surface area contributed by atoms with Crippen LogP contribution in [0.25, 0.3) is 15.8 Å². The molecule has 0 saturated carbocycles. The minimum Gasteiger partial charge on any atom is -0.305 e. The van der Waals surface area contributed by atoms with E-state index in [2.05, 4.69) is 53.0 Å². The molecule has 0 atom stereocenters. The van der Waals surface area contributed by atoms with Crippen molar-refractivity contribution in [2.75, 3.05) is 0 Å². The molecule has 19 heavy (non-hydrogen) atoms. The van der Waals surface area contributed by atoms with Crippen LogP contribution in [-0.2, 0) is 6.42 Å². The molecule has 0 N–H and O–H groups in total. The number of fused-ring (bicyclic) bond motifs is 1. The van der Waals surface area contributed by atoms with Crippen molar-refractivity contribution in [2.45, 2.75) is 33.1 Å². The molecule has 0 aliphatic carbocycles. The minimum absolute atomic E-state index is 0.516. The normalized spacial score (nSPS) is 11.6. The fraction of sp³-hybridized carbons (Fsp3) is 0.333. The van der Waals surface area contributed by atoms with Crippen LogP contribution in [0.1, 0.15) is 37.9 Å². The lowest BCUT2D eigenvalue weighted by molar-refractivity contribution is 0.875. The van der Waals surface area contributed by atoms with Gasteiger partial charge in [0.2, 0.25) is 0 Å². The van der Waals surface area contributed by atoms with Crippen molar-refractivity contribution >= 4 is 21.6 Å². The molecule has 98 valence electrons. The molecular weight excluding hydrogens is 254 g/mol. The summed E-state index contributed by atoms with van der Waals surface area (Å²) in [6, 6.07) is 4.39. The van der Waals surface area contributed by atoms with Gasteiger partial charge in [-0.25, -0.2) is 4.98 Å². The van der Waals surface area contributed by atoms with Gasteiger partial charge in [-0.15, -0.1) is 0 Å². The van der Waals surface area contributed by atoms with Crippen LogP contribution < -0.4 is 0 Å². The fourth-order valence-corrected chi connectivity index (χ4v) is 3.15. The zero-order valence-electron chi connectivity index (χ0n) is 11.4. The molecule has 3 rings (SSSR count). The average molecular weight is 271 g/mol. The quantitative estimate of drug-likeness (QED) is 0.716. The first-order valence-electron chi connectivity index (χ1n) is 6.61. The molecule has 2 heterocycles. The molecule has 0 spiro atoms. The van der Waals surface area contributed by atoms with Crippen LogP contribution in [0, 0.1) is 0 Å². The van der Waals surface area contributed by atoms with Gasteiger partial charge in [0.25, 0.3) is 0 Å². The van der Waals surface area contributed by atoms with E-state index < -0.39 is 0 Å². The third-order valence-electron chi connectivity index (χ3n) is 3.43. The second-order valence-corrected chi connectivity index (χ2v) is 5.82. The lowest BCUT2D eigenvalue weighted by Gasteiger charge is -2.10. The second kappa shape index (κ2) is 4.78. The molecule has 4 heteroatoms.